The molecule has 1 fully saturated rings. The summed E-state index contributed by atoms with van der Waals surface area (Å²) in [4.78, 5) is 31.0. The van der Waals surface area contributed by atoms with E-state index in [1.54, 1.807) is 25.3 Å². The lowest BCUT2D eigenvalue weighted by molar-refractivity contribution is -0.115. The predicted molar refractivity (Wildman–Crippen MR) is 145 cm³/mol. The third-order valence-electron chi connectivity index (χ3n) is 5.91. The van der Waals surface area contributed by atoms with Crippen molar-refractivity contribution in [2.75, 3.05) is 27.7 Å². The monoisotopic (exact) mass is 543 g/mol. The van der Waals surface area contributed by atoms with Crippen molar-refractivity contribution in [1.82, 2.24) is 24.3 Å². The highest BCUT2D eigenvalue weighted by atomic mass is 35.5. The lowest BCUT2D eigenvalue weighted by Gasteiger charge is -2.15. The molecule has 8 nitrogen and oxygen atoms in total. The smallest absolute Gasteiger partial charge is 0.290 e. The Morgan fingerprint density at radius 3 is 2.56 bits per heavy atom. The number of fused-ring (bicyclic) bond motifs is 2. The van der Waals surface area contributed by atoms with Crippen molar-refractivity contribution in [1.29, 1.82) is 0 Å². The van der Waals surface area contributed by atoms with Gasteiger partial charge in [0.05, 0.1) is 31.7 Å². The Morgan fingerprint density at radius 1 is 1.08 bits per heavy atom. The molecule has 0 spiro atoms. The topological polar surface area (TPSA) is 81.4 Å². The van der Waals surface area contributed by atoms with Crippen LogP contribution in [0.3, 0.4) is 0 Å². The van der Waals surface area contributed by atoms with Gasteiger partial charge in [-0.25, -0.2) is 4.98 Å². The summed E-state index contributed by atoms with van der Waals surface area (Å²) in [5, 5.41) is 3.81. The molecule has 0 saturated carbocycles. The molecule has 0 radical (unpaired) electrons. The number of nitrogens with one attached hydrogen (secondary N) is 1. The molecule has 36 heavy (non-hydrogen) atoms. The number of nitrogens with zero attached hydrogens (tertiary/aromatic N) is 4. The van der Waals surface area contributed by atoms with Gasteiger partial charge in [0, 0.05) is 31.1 Å². The minimum Gasteiger partial charge on any atom is -0.364 e. The van der Waals surface area contributed by atoms with Gasteiger partial charge < -0.3 is 14.2 Å². The van der Waals surface area contributed by atoms with Gasteiger partial charge in [0.1, 0.15) is 6.73 Å². The summed E-state index contributed by atoms with van der Waals surface area (Å²) in [7, 11) is 5.70. The molecule has 1 N–H and O–H groups in total. The molecular weight excluding hydrogens is 521 g/mol. The molecule has 0 bridgehead atoms. The number of ether oxygens (including phenoxy) is 1. The zero-order chi connectivity index (χ0) is 25.6. The molecule has 11 heteroatoms. The van der Waals surface area contributed by atoms with Gasteiger partial charge in [0.2, 0.25) is 0 Å². The van der Waals surface area contributed by atoms with Crippen molar-refractivity contribution in [2.45, 2.75) is 13.3 Å². The van der Waals surface area contributed by atoms with Crippen molar-refractivity contribution in [3.63, 3.8) is 0 Å². The number of imidazole rings is 1. The second-order valence-electron chi connectivity index (χ2n) is 8.69. The number of benzene rings is 2. The van der Waals surface area contributed by atoms with Crippen LogP contribution in [0.15, 0.2) is 41.3 Å². The molecular formula is C25H23Cl2N5O3S. The summed E-state index contributed by atoms with van der Waals surface area (Å²) in [6.45, 7) is 1.84. The van der Waals surface area contributed by atoms with Crippen molar-refractivity contribution in [2.24, 2.45) is 0 Å². The highest BCUT2D eigenvalue weighted by molar-refractivity contribution is 8.18. The number of hydrogen-bond acceptors (Lipinski definition) is 6. The van der Waals surface area contributed by atoms with Crippen LogP contribution in [0.1, 0.15) is 5.56 Å². The zero-order valence-corrected chi connectivity index (χ0v) is 22.2. The van der Waals surface area contributed by atoms with E-state index in [2.05, 4.69) is 20.9 Å². The highest BCUT2D eigenvalue weighted by Gasteiger charge is 2.25. The lowest BCUT2D eigenvalue weighted by Crippen LogP contribution is -2.19. The van der Waals surface area contributed by atoms with E-state index >= 15 is 0 Å². The van der Waals surface area contributed by atoms with Crippen molar-refractivity contribution in [3.05, 3.63) is 56.9 Å². The van der Waals surface area contributed by atoms with Crippen molar-refractivity contribution in [3.8, 4) is 11.5 Å². The van der Waals surface area contributed by atoms with E-state index in [9.17, 15) is 9.59 Å². The molecule has 5 rings (SSSR count). The fourth-order valence-corrected chi connectivity index (χ4v) is 5.25. The van der Waals surface area contributed by atoms with Gasteiger partial charge in [-0.3, -0.25) is 19.5 Å². The second kappa shape index (κ2) is 9.91. The first-order valence-electron chi connectivity index (χ1n) is 11.1. The number of halogens is 2. The molecule has 0 atom stereocenters. The number of methoxy groups -OCH3 is 1. The van der Waals surface area contributed by atoms with Crippen LogP contribution in [0.25, 0.3) is 39.5 Å². The molecule has 2 amide bonds. The normalized spacial score (nSPS) is 15.2. The van der Waals surface area contributed by atoms with Crippen molar-refractivity contribution >= 4 is 74.1 Å². The number of amides is 2. The van der Waals surface area contributed by atoms with Gasteiger partial charge >= 0.3 is 0 Å². The number of hydrogen-bond donors (Lipinski definition) is 1. The molecule has 0 aliphatic carbocycles. The molecule has 3 heterocycles. The van der Waals surface area contributed by atoms with Gasteiger partial charge in [-0.15, -0.1) is 0 Å². The molecule has 2 aromatic carbocycles. The maximum Gasteiger partial charge on any atom is 0.290 e. The molecule has 4 aromatic rings. The molecule has 1 aliphatic rings. The van der Waals surface area contributed by atoms with E-state index in [1.165, 1.54) is 0 Å². The Balaban J connectivity index is 1.69. The summed E-state index contributed by atoms with van der Waals surface area (Å²) in [5.74, 6) is 0.358. The van der Waals surface area contributed by atoms with Crippen LogP contribution in [0.2, 0.25) is 10.0 Å². The quantitative estimate of drug-likeness (QED) is 0.312. The fourth-order valence-electron chi connectivity index (χ4n) is 4.25. The summed E-state index contributed by atoms with van der Waals surface area (Å²) >= 11 is 13.5. The molecule has 1 saturated heterocycles. The van der Waals surface area contributed by atoms with Gasteiger partial charge in [-0.05, 0) is 67.8 Å². The van der Waals surface area contributed by atoms with Gasteiger partial charge in [-0.1, -0.05) is 29.3 Å². The Hall–Kier alpha value is -2.82. The molecule has 1 aliphatic heterocycles. The Bertz CT molecular complexity index is 1560. The number of rotatable bonds is 7. The Morgan fingerprint density at radius 2 is 1.86 bits per heavy atom. The van der Waals surface area contributed by atoms with E-state index in [0.717, 1.165) is 63.9 Å². The number of imide groups is 1. The number of carbonyl (C=O) groups is 2. The lowest BCUT2D eigenvalue weighted by atomic mass is 10.1. The van der Waals surface area contributed by atoms with Crippen LogP contribution in [0, 0.1) is 0 Å². The Kier molecular flexibility index (Phi) is 6.84. The van der Waals surface area contributed by atoms with E-state index < -0.39 is 0 Å². The van der Waals surface area contributed by atoms with Gasteiger partial charge in [0.25, 0.3) is 11.1 Å². The Labute approximate surface area is 221 Å². The first-order chi connectivity index (χ1) is 17.2. The number of aromatic nitrogens is 3. The highest BCUT2D eigenvalue weighted by Crippen LogP contribution is 2.35. The van der Waals surface area contributed by atoms with Crippen LogP contribution in [-0.4, -0.2) is 57.9 Å². The molecule has 0 unspecified atom stereocenters. The van der Waals surface area contributed by atoms with E-state index in [4.69, 9.17) is 32.9 Å². The minimum atomic E-state index is -0.375. The third kappa shape index (κ3) is 4.65. The predicted octanol–water partition coefficient (Wildman–Crippen LogP) is 5.45. The largest absolute Gasteiger partial charge is 0.364 e. The summed E-state index contributed by atoms with van der Waals surface area (Å²) in [6, 6.07) is 11.6. The van der Waals surface area contributed by atoms with E-state index in [-0.39, 0.29) is 17.9 Å². The average molecular weight is 544 g/mol. The maximum atomic E-state index is 12.0. The maximum absolute atomic E-state index is 12.0. The summed E-state index contributed by atoms with van der Waals surface area (Å²) in [5.41, 5.74) is 4.32. The first kappa shape index (κ1) is 24.9. The van der Waals surface area contributed by atoms with Crippen LogP contribution in [0.4, 0.5) is 4.79 Å². The van der Waals surface area contributed by atoms with E-state index in [0.29, 0.717) is 15.0 Å². The average Bonchev–Trinajstić information content (AvgIpc) is 3.45. The fraction of sp³-hybridized carbons (Fsp3) is 0.240. The third-order valence-corrected chi connectivity index (χ3v) is 7.45. The number of likely N-dealkylation sites (N-methyl/N-ethyl adjacent to an activating group) is 1. The van der Waals surface area contributed by atoms with Crippen LogP contribution >= 0.6 is 35.0 Å². The first-order valence-corrected chi connectivity index (χ1v) is 12.7. The zero-order valence-electron chi connectivity index (χ0n) is 19.8. The SMILES string of the molecule is COCn1c(-c2cc3cc(C=C4SC(=O)NC4=O)ccc3n2CCN(C)C)nc2cc(Cl)c(Cl)cc21. The van der Waals surface area contributed by atoms with E-state index in [1.807, 2.05) is 36.9 Å². The second-order valence-corrected chi connectivity index (χ2v) is 10.5. The minimum absolute atomic E-state index is 0.288. The van der Waals surface area contributed by atoms with Gasteiger partial charge in [-0.2, -0.15) is 0 Å². The number of carbonyl (C=O) groups excluding carboxylic acids is 2. The van der Waals surface area contributed by atoms with Crippen LogP contribution in [-0.2, 0) is 22.8 Å². The molecule has 2 aromatic heterocycles. The van der Waals surface area contributed by atoms with Gasteiger partial charge in [0.15, 0.2) is 5.82 Å². The summed E-state index contributed by atoms with van der Waals surface area (Å²) < 4.78 is 9.71. The number of thioether (sulfide) groups is 1. The van der Waals surface area contributed by atoms with Crippen LogP contribution in [0.5, 0.6) is 0 Å². The summed E-state index contributed by atoms with van der Waals surface area (Å²) in [6.07, 6.45) is 1.73. The molecule has 186 valence electrons. The van der Waals surface area contributed by atoms with Crippen LogP contribution < -0.4 is 5.32 Å². The van der Waals surface area contributed by atoms with Crippen molar-refractivity contribution < 1.29 is 14.3 Å². The standard InChI is InChI=1S/C25H23Cl2N5O3S/c1-30(2)6-7-31-19-5-4-14(9-22-24(33)29-25(34)36-22)8-15(19)10-21(31)23-28-18-11-16(26)17(27)12-20(18)32(23)13-35-3/h4-5,8-12H,6-7,13H2,1-3H3,(H,29,33,34).